The Morgan fingerprint density at radius 1 is 0.262 bits per heavy atom. The molecule has 0 radical (unpaired) electrons. The molecule has 304 valence electrons. The average Bonchev–Trinajstić information content (AvgIpc) is 3.88. The molecule has 2 aliphatic heterocycles. The van der Waals surface area contributed by atoms with Gasteiger partial charge in [-0.1, -0.05) is 133 Å². The van der Waals surface area contributed by atoms with Crippen LogP contribution in [0.15, 0.2) is 224 Å². The molecule has 5 nitrogen and oxygen atoms in total. The summed E-state index contributed by atoms with van der Waals surface area (Å²) in [4.78, 5) is 2.27. The Morgan fingerprint density at radius 3 is 1.28 bits per heavy atom. The second-order valence-corrected chi connectivity index (χ2v) is 16.9. The summed E-state index contributed by atoms with van der Waals surface area (Å²) in [5.74, 6) is 3.11. The molecule has 0 atom stereocenters. The molecule has 0 N–H and O–H groups in total. The van der Waals surface area contributed by atoms with Crippen LogP contribution in [-0.4, -0.2) is 9.13 Å². The van der Waals surface area contributed by atoms with Crippen molar-refractivity contribution in [1.29, 1.82) is 0 Å². The summed E-state index contributed by atoms with van der Waals surface area (Å²) in [7, 11) is 0. The van der Waals surface area contributed by atoms with Crippen LogP contribution in [0.2, 0.25) is 0 Å². The lowest BCUT2D eigenvalue weighted by Crippen LogP contribution is -2.20. The van der Waals surface area contributed by atoms with E-state index in [4.69, 9.17) is 9.47 Å². The van der Waals surface area contributed by atoms with Crippen LogP contribution in [0.3, 0.4) is 0 Å². The summed E-state index contributed by atoms with van der Waals surface area (Å²) in [6, 6.07) is 80.3. The number of benzene rings is 10. The van der Waals surface area contributed by atoms with Gasteiger partial charge in [0.05, 0.1) is 39.1 Å². The lowest BCUT2D eigenvalue weighted by molar-refractivity contribution is 0.445. The molecule has 0 fully saturated rings. The normalized spacial score (nSPS) is 12.5. The van der Waals surface area contributed by atoms with Crippen molar-refractivity contribution >= 4 is 60.7 Å². The zero-order valence-electron chi connectivity index (χ0n) is 35.0. The first kappa shape index (κ1) is 35.8. The van der Waals surface area contributed by atoms with Gasteiger partial charge in [-0.2, -0.15) is 0 Å². The number of rotatable bonds is 5. The fourth-order valence-electron chi connectivity index (χ4n) is 10.3. The first-order chi connectivity index (χ1) is 32.2. The molecule has 0 unspecified atom stereocenters. The Kier molecular flexibility index (Phi) is 7.62. The van der Waals surface area contributed by atoms with Crippen molar-refractivity contribution in [2.24, 2.45) is 0 Å². The highest BCUT2D eigenvalue weighted by atomic mass is 16.5. The third kappa shape index (κ3) is 5.46. The van der Waals surface area contributed by atoms with Gasteiger partial charge in [0.1, 0.15) is 5.69 Å². The Morgan fingerprint density at radius 2 is 0.692 bits per heavy atom. The summed E-state index contributed by atoms with van der Waals surface area (Å²) >= 11 is 0. The number of hydrogen-bond acceptors (Lipinski definition) is 3. The summed E-state index contributed by atoms with van der Waals surface area (Å²) in [5, 5.41) is 4.78. The summed E-state index contributed by atoms with van der Waals surface area (Å²) in [5.41, 5.74) is 16.6. The third-order valence-electron chi connectivity index (χ3n) is 13.2. The number of nitrogens with zero attached hydrogens (tertiary/aromatic N) is 3. The Labute approximate surface area is 374 Å². The van der Waals surface area contributed by atoms with Crippen LogP contribution in [0.25, 0.3) is 88.4 Å². The van der Waals surface area contributed by atoms with E-state index in [2.05, 4.69) is 214 Å². The minimum absolute atomic E-state index is 0.748. The number of anilines is 3. The molecule has 0 spiro atoms. The summed E-state index contributed by atoms with van der Waals surface area (Å²) in [6.07, 6.45) is 0. The van der Waals surface area contributed by atoms with Gasteiger partial charge in [-0.3, -0.25) is 4.90 Å². The maximum atomic E-state index is 6.74. The van der Waals surface area contributed by atoms with Gasteiger partial charge in [0.15, 0.2) is 23.0 Å². The van der Waals surface area contributed by atoms with Crippen molar-refractivity contribution in [3.8, 4) is 67.8 Å². The highest BCUT2D eigenvalue weighted by Gasteiger charge is 2.35. The predicted molar refractivity (Wildman–Crippen MR) is 266 cm³/mol. The number of hydrogen-bond donors (Lipinski definition) is 0. The molecule has 0 bridgehead atoms. The van der Waals surface area contributed by atoms with Gasteiger partial charge in [0.25, 0.3) is 0 Å². The quantitative estimate of drug-likeness (QED) is 0.173. The zero-order chi connectivity index (χ0) is 42.6. The molecule has 5 heteroatoms. The van der Waals surface area contributed by atoms with Crippen molar-refractivity contribution in [3.05, 3.63) is 224 Å². The number of ether oxygens (including phenoxy) is 2. The molecular weight excluding hydrogens is 795 g/mol. The maximum Gasteiger partial charge on any atom is 0.157 e. The van der Waals surface area contributed by atoms with E-state index in [9.17, 15) is 0 Å². The monoisotopic (exact) mass is 831 g/mol. The predicted octanol–water partition coefficient (Wildman–Crippen LogP) is 16.6. The first-order valence-electron chi connectivity index (χ1n) is 22.1. The van der Waals surface area contributed by atoms with Gasteiger partial charge < -0.3 is 18.6 Å². The molecule has 0 saturated carbocycles. The second-order valence-electron chi connectivity index (χ2n) is 16.9. The summed E-state index contributed by atoms with van der Waals surface area (Å²) < 4.78 is 18.2. The van der Waals surface area contributed by atoms with Gasteiger partial charge in [-0.15, -0.1) is 0 Å². The molecule has 4 heterocycles. The second kappa shape index (κ2) is 13.9. The van der Waals surface area contributed by atoms with Crippen molar-refractivity contribution < 1.29 is 9.47 Å². The zero-order valence-corrected chi connectivity index (χ0v) is 35.0. The molecule has 0 aliphatic carbocycles. The van der Waals surface area contributed by atoms with E-state index in [-0.39, 0.29) is 0 Å². The highest BCUT2D eigenvalue weighted by molar-refractivity contribution is 6.13. The summed E-state index contributed by atoms with van der Waals surface area (Å²) in [6.45, 7) is 0. The molecule has 14 rings (SSSR count). The molecule has 10 aromatic carbocycles. The smallest absolute Gasteiger partial charge is 0.157 e. The van der Waals surface area contributed by atoms with E-state index in [0.29, 0.717) is 0 Å². The number of aromatic nitrogens is 2. The fourth-order valence-corrected chi connectivity index (χ4v) is 10.3. The maximum absolute atomic E-state index is 6.74. The highest BCUT2D eigenvalue weighted by Crippen LogP contribution is 2.60. The molecule has 12 aromatic rings. The minimum atomic E-state index is 0.748. The van der Waals surface area contributed by atoms with E-state index in [0.717, 1.165) is 73.6 Å². The topological polar surface area (TPSA) is 31.6 Å². The lowest BCUT2D eigenvalue weighted by atomic mass is 9.99. The third-order valence-corrected chi connectivity index (χ3v) is 13.2. The van der Waals surface area contributed by atoms with Crippen molar-refractivity contribution in [2.45, 2.75) is 0 Å². The van der Waals surface area contributed by atoms with E-state index >= 15 is 0 Å². The first-order valence-corrected chi connectivity index (χ1v) is 22.1. The van der Waals surface area contributed by atoms with Gasteiger partial charge >= 0.3 is 0 Å². The van der Waals surface area contributed by atoms with Gasteiger partial charge in [0.2, 0.25) is 0 Å². The van der Waals surface area contributed by atoms with Gasteiger partial charge in [-0.25, -0.2) is 0 Å². The van der Waals surface area contributed by atoms with E-state index in [1.54, 1.807) is 0 Å². The van der Waals surface area contributed by atoms with Crippen LogP contribution in [0.1, 0.15) is 0 Å². The lowest BCUT2D eigenvalue weighted by Gasteiger charge is -2.38. The number of para-hydroxylation sites is 5. The molecule has 65 heavy (non-hydrogen) atoms. The number of fused-ring (bicyclic) bond motifs is 10. The van der Waals surface area contributed by atoms with E-state index < -0.39 is 0 Å². The van der Waals surface area contributed by atoms with Crippen molar-refractivity contribution in [2.75, 3.05) is 4.90 Å². The van der Waals surface area contributed by atoms with Crippen LogP contribution in [0, 0.1) is 0 Å². The fraction of sp³-hybridized carbons (Fsp3) is 0. The van der Waals surface area contributed by atoms with Crippen LogP contribution >= 0.6 is 0 Å². The van der Waals surface area contributed by atoms with E-state index in [1.807, 2.05) is 24.3 Å². The minimum Gasteiger partial charge on any atom is -0.453 e. The average molecular weight is 832 g/mol. The molecule has 0 amide bonds. The molecule has 2 aromatic heterocycles. The standard InChI is InChI=1S/C60H37N3O2/c1-3-14-38(15-4-1)40-18-13-19-44(32-40)61-50-21-8-7-20-46(50)47-34-42(27-30-51(47)61)43-28-31-53-49(35-43)48-33-41(39-16-5-2-6-17-39)26-29-52(48)62(53)45-36-58-60-59(37-45)65-57-25-12-10-23-55(57)63(60)54-22-9-11-24-56(54)64-58/h1-37H. The SMILES string of the molecule is c1ccc(-c2cccc(-n3c4ccccc4c4cc(-c5ccc6c(c5)c5cc(-c7ccccc7)ccc5n6-c5cc6c7c(c5)Oc5ccccc5N7c5ccccc5O6)ccc43)c2)cc1. The Hall–Kier alpha value is -8.80. The Balaban J connectivity index is 0.953. The van der Waals surface area contributed by atoms with Gasteiger partial charge in [0, 0.05) is 39.4 Å². The van der Waals surface area contributed by atoms with Crippen molar-refractivity contribution in [1.82, 2.24) is 9.13 Å². The van der Waals surface area contributed by atoms with Crippen LogP contribution in [-0.2, 0) is 0 Å². The molecule has 0 saturated heterocycles. The van der Waals surface area contributed by atoms with Crippen LogP contribution in [0.5, 0.6) is 23.0 Å². The van der Waals surface area contributed by atoms with Crippen LogP contribution < -0.4 is 14.4 Å². The van der Waals surface area contributed by atoms with Gasteiger partial charge in [-0.05, 0) is 112 Å². The van der Waals surface area contributed by atoms with Crippen molar-refractivity contribution in [3.63, 3.8) is 0 Å². The Bertz CT molecular complexity index is 3830. The van der Waals surface area contributed by atoms with Crippen LogP contribution in [0.4, 0.5) is 17.1 Å². The molecule has 2 aliphatic rings. The molecular formula is C60H37N3O2. The van der Waals surface area contributed by atoms with E-state index in [1.165, 1.54) is 54.8 Å². The largest absolute Gasteiger partial charge is 0.453 e.